The number of carbonyl (C=O) groups is 1. The van der Waals surface area contributed by atoms with Gasteiger partial charge in [0.25, 0.3) is 5.56 Å². The molecule has 0 atom stereocenters. The highest BCUT2D eigenvalue weighted by Gasteiger charge is 2.13. The van der Waals surface area contributed by atoms with Crippen LogP contribution in [0.5, 0.6) is 0 Å². The first-order chi connectivity index (χ1) is 8.61. The maximum Gasteiger partial charge on any atom is 0.262 e. The van der Waals surface area contributed by atoms with Gasteiger partial charge in [0.1, 0.15) is 11.4 Å². The Morgan fingerprint density at radius 2 is 2.06 bits per heavy atom. The molecule has 0 saturated carbocycles. The molecule has 0 amide bonds. The van der Waals surface area contributed by atoms with E-state index in [-0.39, 0.29) is 15.9 Å². The number of carbonyl (C=O) groups excluding carboxylic acids is 1. The number of aromatic amines is 2. The quantitative estimate of drug-likeness (QED) is 0.636. The summed E-state index contributed by atoms with van der Waals surface area (Å²) in [7, 11) is 0. The zero-order valence-corrected chi connectivity index (χ0v) is 10.4. The van der Waals surface area contributed by atoms with Crippen molar-refractivity contribution in [1.82, 2.24) is 19.9 Å². The Kier molecular flexibility index (Phi) is 3.42. The summed E-state index contributed by atoms with van der Waals surface area (Å²) in [4.78, 5) is 36.6. The van der Waals surface area contributed by atoms with Gasteiger partial charge in [-0.1, -0.05) is 6.92 Å². The smallest absolute Gasteiger partial charge is 0.262 e. The largest absolute Gasteiger partial charge is 0.338 e. The Bertz CT molecular complexity index is 687. The lowest BCUT2D eigenvalue weighted by Gasteiger charge is -2.00. The van der Waals surface area contributed by atoms with Gasteiger partial charge in [-0.05, 0) is 12.2 Å². The zero-order chi connectivity index (χ0) is 13.1. The van der Waals surface area contributed by atoms with E-state index in [4.69, 9.17) is 12.2 Å². The van der Waals surface area contributed by atoms with E-state index in [1.54, 1.807) is 0 Å². The summed E-state index contributed by atoms with van der Waals surface area (Å²) in [5.74, 6) is 0.207. The molecule has 6 nitrogen and oxygen atoms in total. The van der Waals surface area contributed by atoms with Gasteiger partial charge in [-0.15, -0.1) is 0 Å². The SMILES string of the molecule is CCc1ncc(C(=O)c2c[nH]c(=S)[nH]c2=O)cn1. The van der Waals surface area contributed by atoms with Crippen LogP contribution in [0.2, 0.25) is 0 Å². The number of hydrogen-bond donors (Lipinski definition) is 2. The monoisotopic (exact) mass is 262 g/mol. The topological polar surface area (TPSA) is 91.5 Å². The van der Waals surface area contributed by atoms with Crippen LogP contribution in [0.4, 0.5) is 0 Å². The van der Waals surface area contributed by atoms with Gasteiger partial charge in [0.2, 0.25) is 5.78 Å². The summed E-state index contributed by atoms with van der Waals surface area (Å²) in [5.41, 5.74) is -0.275. The number of aryl methyl sites for hydroxylation is 1. The van der Waals surface area contributed by atoms with Crippen molar-refractivity contribution in [3.8, 4) is 0 Å². The third-order valence-electron chi connectivity index (χ3n) is 2.35. The van der Waals surface area contributed by atoms with Gasteiger partial charge >= 0.3 is 0 Å². The number of ketones is 1. The summed E-state index contributed by atoms with van der Waals surface area (Å²) in [6.45, 7) is 1.92. The van der Waals surface area contributed by atoms with E-state index in [1.807, 2.05) is 6.92 Å². The third-order valence-corrected chi connectivity index (χ3v) is 2.57. The second-order valence-electron chi connectivity index (χ2n) is 3.56. The first kappa shape index (κ1) is 12.3. The van der Waals surface area contributed by atoms with Crippen LogP contribution in [0.25, 0.3) is 0 Å². The molecule has 18 heavy (non-hydrogen) atoms. The van der Waals surface area contributed by atoms with Crippen LogP contribution in [0.1, 0.15) is 28.7 Å². The molecule has 0 fully saturated rings. The van der Waals surface area contributed by atoms with Crippen LogP contribution in [-0.4, -0.2) is 25.7 Å². The van der Waals surface area contributed by atoms with Crippen molar-refractivity contribution in [3.05, 3.63) is 50.7 Å². The number of nitrogens with zero attached hydrogens (tertiary/aromatic N) is 2. The molecule has 0 unspecified atom stereocenters. The van der Waals surface area contributed by atoms with E-state index in [0.29, 0.717) is 12.2 Å². The molecule has 0 aromatic carbocycles. The van der Waals surface area contributed by atoms with Crippen molar-refractivity contribution in [2.45, 2.75) is 13.3 Å². The lowest BCUT2D eigenvalue weighted by atomic mass is 10.1. The van der Waals surface area contributed by atoms with Gasteiger partial charge < -0.3 is 4.98 Å². The first-order valence-corrected chi connectivity index (χ1v) is 5.70. The number of nitrogens with one attached hydrogen (secondary N) is 2. The van der Waals surface area contributed by atoms with Gasteiger partial charge in [0.15, 0.2) is 4.77 Å². The van der Waals surface area contributed by atoms with Crippen LogP contribution in [0.15, 0.2) is 23.4 Å². The summed E-state index contributed by atoms with van der Waals surface area (Å²) < 4.78 is 0.175. The molecule has 0 bridgehead atoms. The fraction of sp³-hybridized carbons (Fsp3) is 0.182. The highest BCUT2D eigenvalue weighted by atomic mass is 32.1. The van der Waals surface area contributed by atoms with Crippen molar-refractivity contribution < 1.29 is 4.79 Å². The minimum absolute atomic E-state index is 0.0172. The van der Waals surface area contributed by atoms with Crippen molar-refractivity contribution in [2.24, 2.45) is 0 Å². The minimum Gasteiger partial charge on any atom is -0.338 e. The van der Waals surface area contributed by atoms with Crippen molar-refractivity contribution in [1.29, 1.82) is 0 Å². The second kappa shape index (κ2) is 5.01. The molecule has 7 heteroatoms. The number of H-pyrrole nitrogens is 2. The maximum absolute atomic E-state index is 12.0. The summed E-state index contributed by atoms with van der Waals surface area (Å²) in [6, 6.07) is 0. The van der Waals surface area contributed by atoms with Crippen molar-refractivity contribution in [3.63, 3.8) is 0 Å². The predicted molar refractivity (Wildman–Crippen MR) is 67.1 cm³/mol. The molecule has 0 aliphatic carbocycles. The average molecular weight is 262 g/mol. The van der Waals surface area contributed by atoms with E-state index < -0.39 is 11.3 Å². The molecular weight excluding hydrogens is 252 g/mol. The summed E-state index contributed by atoms with van der Waals surface area (Å²) >= 11 is 4.75. The Morgan fingerprint density at radius 1 is 1.39 bits per heavy atom. The molecule has 92 valence electrons. The van der Waals surface area contributed by atoms with E-state index in [9.17, 15) is 9.59 Å². The molecule has 0 radical (unpaired) electrons. The van der Waals surface area contributed by atoms with Gasteiger partial charge in [-0.2, -0.15) is 0 Å². The van der Waals surface area contributed by atoms with Gasteiger partial charge in [-0.25, -0.2) is 9.97 Å². The van der Waals surface area contributed by atoms with E-state index >= 15 is 0 Å². The Labute approximate surface area is 107 Å². The van der Waals surface area contributed by atoms with E-state index in [2.05, 4.69) is 19.9 Å². The zero-order valence-electron chi connectivity index (χ0n) is 9.56. The number of hydrogen-bond acceptors (Lipinski definition) is 5. The number of rotatable bonds is 3. The Balaban J connectivity index is 2.41. The van der Waals surface area contributed by atoms with Gasteiger partial charge in [0, 0.05) is 25.0 Å². The van der Waals surface area contributed by atoms with Crippen LogP contribution >= 0.6 is 12.2 Å². The Hall–Kier alpha value is -2.15. The predicted octanol–water partition coefficient (Wildman–Crippen LogP) is 1.02. The molecule has 0 aliphatic rings. The van der Waals surface area contributed by atoms with Crippen LogP contribution < -0.4 is 5.56 Å². The van der Waals surface area contributed by atoms with Gasteiger partial charge in [-0.3, -0.25) is 14.6 Å². The molecule has 0 saturated heterocycles. The highest BCUT2D eigenvalue weighted by molar-refractivity contribution is 7.71. The van der Waals surface area contributed by atoms with Crippen molar-refractivity contribution in [2.75, 3.05) is 0 Å². The minimum atomic E-state index is -0.525. The van der Waals surface area contributed by atoms with E-state index in [0.717, 1.165) is 0 Å². The lowest BCUT2D eigenvalue weighted by Crippen LogP contribution is -2.19. The molecule has 2 heterocycles. The van der Waals surface area contributed by atoms with Crippen LogP contribution in [0.3, 0.4) is 0 Å². The molecule has 2 N–H and O–H groups in total. The number of aromatic nitrogens is 4. The molecule has 0 spiro atoms. The second-order valence-corrected chi connectivity index (χ2v) is 3.96. The van der Waals surface area contributed by atoms with Crippen molar-refractivity contribution >= 4 is 18.0 Å². The molecule has 2 rings (SSSR count). The molecule has 0 aliphatic heterocycles. The summed E-state index contributed by atoms with van der Waals surface area (Å²) in [6.07, 6.45) is 4.80. The fourth-order valence-corrected chi connectivity index (χ4v) is 1.54. The van der Waals surface area contributed by atoms with Crippen LogP contribution in [-0.2, 0) is 6.42 Å². The fourth-order valence-electron chi connectivity index (χ4n) is 1.39. The standard InChI is InChI=1S/C11H10N4O2S/c1-2-8-12-3-6(4-13-8)9(16)7-5-14-11(18)15-10(7)17/h3-5H,2H2,1H3,(H2,14,15,17,18). The van der Waals surface area contributed by atoms with E-state index in [1.165, 1.54) is 18.6 Å². The Morgan fingerprint density at radius 3 is 2.61 bits per heavy atom. The molecule has 2 aromatic heterocycles. The highest BCUT2D eigenvalue weighted by Crippen LogP contribution is 2.03. The maximum atomic E-state index is 12.0. The van der Waals surface area contributed by atoms with Gasteiger partial charge in [0.05, 0.1) is 5.56 Å². The average Bonchev–Trinajstić information content (AvgIpc) is 2.38. The molecular formula is C11H10N4O2S. The molecule has 2 aromatic rings. The first-order valence-electron chi connectivity index (χ1n) is 5.29. The van der Waals surface area contributed by atoms with Crippen LogP contribution in [0, 0.1) is 4.77 Å². The summed E-state index contributed by atoms with van der Waals surface area (Å²) in [5, 5.41) is 0. The third kappa shape index (κ3) is 2.40. The lowest BCUT2D eigenvalue weighted by molar-refractivity contribution is 0.103. The normalized spacial score (nSPS) is 10.3.